The van der Waals surface area contributed by atoms with Gasteiger partial charge < -0.3 is 29.6 Å². The van der Waals surface area contributed by atoms with E-state index in [2.05, 4.69) is 10.6 Å². The van der Waals surface area contributed by atoms with Crippen molar-refractivity contribution in [2.45, 2.75) is 38.6 Å². The molecule has 3 aromatic rings. The number of allylic oxidation sites excluding steroid dienone is 1. The van der Waals surface area contributed by atoms with Crippen molar-refractivity contribution < 1.29 is 23.7 Å². The smallest absolute Gasteiger partial charge is 0.163 e. The van der Waals surface area contributed by atoms with Gasteiger partial charge in [0.1, 0.15) is 0 Å². The fourth-order valence-corrected chi connectivity index (χ4v) is 5.33. The second-order valence-electron chi connectivity index (χ2n) is 9.36. The monoisotopic (exact) mass is 514 g/mol. The van der Waals surface area contributed by atoms with Crippen LogP contribution < -0.4 is 29.6 Å². The summed E-state index contributed by atoms with van der Waals surface area (Å²) < 4.78 is 22.6. The summed E-state index contributed by atoms with van der Waals surface area (Å²) in [5.74, 6) is 2.82. The van der Waals surface area contributed by atoms with Crippen molar-refractivity contribution in [1.29, 1.82) is 0 Å². The van der Waals surface area contributed by atoms with E-state index < -0.39 is 0 Å². The van der Waals surface area contributed by atoms with Crippen LogP contribution in [0.2, 0.25) is 0 Å². The number of anilines is 2. The molecule has 3 aromatic carbocycles. The highest BCUT2D eigenvalue weighted by atomic mass is 16.5. The Labute approximate surface area is 223 Å². The van der Waals surface area contributed by atoms with Crippen LogP contribution in [0.3, 0.4) is 0 Å². The van der Waals surface area contributed by atoms with Gasteiger partial charge in [-0.1, -0.05) is 24.3 Å². The molecule has 2 unspecified atom stereocenters. The number of methoxy groups -OCH3 is 2. The molecule has 0 fully saturated rings. The van der Waals surface area contributed by atoms with Crippen LogP contribution in [0.1, 0.15) is 49.8 Å². The van der Waals surface area contributed by atoms with Crippen molar-refractivity contribution in [1.82, 2.24) is 0 Å². The van der Waals surface area contributed by atoms with Crippen molar-refractivity contribution in [3.63, 3.8) is 0 Å². The lowest BCUT2D eigenvalue weighted by molar-refractivity contribution is -0.116. The van der Waals surface area contributed by atoms with Gasteiger partial charge in [-0.15, -0.1) is 0 Å². The van der Waals surface area contributed by atoms with E-state index >= 15 is 0 Å². The van der Waals surface area contributed by atoms with Crippen molar-refractivity contribution in [3.8, 4) is 23.0 Å². The third-order valence-corrected chi connectivity index (χ3v) is 7.09. The summed E-state index contributed by atoms with van der Waals surface area (Å²) in [5.41, 5.74) is 5.56. The zero-order valence-electron chi connectivity index (χ0n) is 22.3. The molecule has 38 heavy (non-hydrogen) atoms. The number of carbonyl (C=O) groups excluding carboxylic acids is 1. The molecule has 1 aliphatic heterocycles. The lowest BCUT2D eigenvalue weighted by Gasteiger charge is -2.30. The van der Waals surface area contributed by atoms with Crippen LogP contribution in [0, 0.1) is 0 Å². The van der Waals surface area contributed by atoms with Crippen molar-refractivity contribution in [3.05, 3.63) is 83.1 Å². The van der Waals surface area contributed by atoms with Gasteiger partial charge in [0.05, 0.1) is 44.8 Å². The van der Waals surface area contributed by atoms with E-state index in [0.29, 0.717) is 49.1 Å². The Morgan fingerprint density at radius 1 is 0.763 bits per heavy atom. The molecule has 198 valence electrons. The second-order valence-corrected chi connectivity index (χ2v) is 9.36. The molecule has 1 aliphatic carbocycles. The van der Waals surface area contributed by atoms with Gasteiger partial charge in [-0.05, 0) is 73.7 Å². The van der Waals surface area contributed by atoms with E-state index in [1.54, 1.807) is 14.2 Å². The minimum absolute atomic E-state index is 0.0128. The molecule has 7 heteroatoms. The Morgan fingerprint density at radius 3 is 2.16 bits per heavy atom. The predicted octanol–water partition coefficient (Wildman–Crippen LogP) is 6.48. The molecule has 0 radical (unpaired) electrons. The standard InChI is InChI=1S/C31H34N2O5/c1-5-37-27-14-12-20(18-29(27)38-6-2)31-30-24(32-22-9-7-8-10-23(22)33-31)15-21(16-25(30)34)19-11-13-26(35-3)28(17-19)36-4/h7-14,17-18,21,31-33H,5-6,15-16H2,1-4H3. The molecular formula is C31H34N2O5. The van der Waals surface area contributed by atoms with E-state index in [-0.39, 0.29) is 17.7 Å². The molecule has 0 aromatic heterocycles. The minimum Gasteiger partial charge on any atom is -0.493 e. The van der Waals surface area contributed by atoms with Gasteiger partial charge in [0.25, 0.3) is 0 Å². The number of rotatable bonds is 8. The number of carbonyl (C=O) groups is 1. The highest BCUT2D eigenvalue weighted by Crippen LogP contribution is 2.46. The van der Waals surface area contributed by atoms with Crippen molar-refractivity contribution >= 4 is 17.2 Å². The molecule has 2 aliphatic rings. The van der Waals surface area contributed by atoms with E-state index in [9.17, 15) is 4.79 Å². The fraction of sp³-hybridized carbons (Fsp3) is 0.323. The molecule has 0 spiro atoms. The topological polar surface area (TPSA) is 78.1 Å². The van der Waals surface area contributed by atoms with Crippen LogP contribution >= 0.6 is 0 Å². The van der Waals surface area contributed by atoms with E-state index in [0.717, 1.165) is 33.8 Å². The van der Waals surface area contributed by atoms with Gasteiger partial charge in [-0.2, -0.15) is 0 Å². The molecule has 5 rings (SSSR count). The molecule has 1 heterocycles. The highest BCUT2D eigenvalue weighted by Gasteiger charge is 2.36. The zero-order chi connectivity index (χ0) is 26.6. The Bertz CT molecular complexity index is 1370. The Hall–Kier alpha value is -4.13. The Kier molecular flexibility index (Phi) is 7.45. The molecule has 2 N–H and O–H groups in total. The largest absolute Gasteiger partial charge is 0.493 e. The van der Waals surface area contributed by atoms with Gasteiger partial charge in [-0.3, -0.25) is 4.79 Å². The maximum absolute atomic E-state index is 13.9. The van der Waals surface area contributed by atoms with Crippen LogP contribution in [-0.2, 0) is 4.79 Å². The average Bonchev–Trinajstić information content (AvgIpc) is 3.11. The third-order valence-electron chi connectivity index (χ3n) is 7.09. The summed E-state index contributed by atoms with van der Waals surface area (Å²) in [6.45, 7) is 4.97. The number of nitrogens with one attached hydrogen (secondary N) is 2. The number of ketones is 1. The first-order valence-corrected chi connectivity index (χ1v) is 13.1. The third kappa shape index (κ3) is 4.88. The number of benzene rings is 3. The predicted molar refractivity (Wildman–Crippen MR) is 149 cm³/mol. The van der Waals surface area contributed by atoms with Crippen molar-refractivity contribution in [2.75, 3.05) is 38.1 Å². The SMILES string of the molecule is CCOc1ccc(C2Nc3ccccc3NC3=C2C(=O)CC(c2ccc(OC)c(OC)c2)C3)cc1OCC. The van der Waals surface area contributed by atoms with Gasteiger partial charge in [0.2, 0.25) is 0 Å². The maximum Gasteiger partial charge on any atom is 0.163 e. The van der Waals surface area contributed by atoms with Gasteiger partial charge in [0.15, 0.2) is 28.8 Å². The zero-order valence-corrected chi connectivity index (χ0v) is 22.3. The van der Waals surface area contributed by atoms with Crippen LogP contribution in [0.25, 0.3) is 0 Å². The van der Waals surface area contributed by atoms with E-state index in [1.165, 1.54) is 0 Å². The Morgan fingerprint density at radius 2 is 1.42 bits per heavy atom. The van der Waals surface area contributed by atoms with Gasteiger partial charge >= 0.3 is 0 Å². The fourth-order valence-electron chi connectivity index (χ4n) is 5.33. The number of Topliss-reactive ketones (excluding diaryl/α,β-unsaturated/α-hetero) is 1. The molecule has 0 amide bonds. The summed E-state index contributed by atoms with van der Waals surface area (Å²) in [6.07, 6.45) is 1.10. The number of ether oxygens (including phenoxy) is 4. The molecule has 0 saturated carbocycles. The van der Waals surface area contributed by atoms with Crippen LogP contribution in [0.5, 0.6) is 23.0 Å². The number of hydrogen-bond donors (Lipinski definition) is 2. The summed E-state index contributed by atoms with van der Waals surface area (Å²) in [4.78, 5) is 13.9. The van der Waals surface area contributed by atoms with Crippen LogP contribution in [0.4, 0.5) is 11.4 Å². The first kappa shape index (κ1) is 25.5. The molecule has 2 atom stereocenters. The number of hydrogen-bond acceptors (Lipinski definition) is 7. The second kappa shape index (κ2) is 11.1. The van der Waals surface area contributed by atoms with E-state index in [4.69, 9.17) is 18.9 Å². The highest BCUT2D eigenvalue weighted by molar-refractivity contribution is 6.01. The maximum atomic E-state index is 13.9. The van der Waals surface area contributed by atoms with Gasteiger partial charge in [-0.25, -0.2) is 0 Å². The van der Waals surface area contributed by atoms with E-state index in [1.807, 2.05) is 74.5 Å². The lowest BCUT2D eigenvalue weighted by atomic mass is 9.78. The summed E-state index contributed by atoms with van der Waals surface area (Å²) in [7, 11) is 3.25. The minimum atomic E-state index is -0.338. The number of para-hydroxylation sites is 2. The molecular weight excluding hydrogens is 480 g/mol. The first-order valence-electron chi connectivity index (χ1n) is 13.1. The first-order chi connectivity index (χ1) is 18.6. The average molecular weight is 515 g/mol. The molecule has 0 saturated heterocycles. The Balaban J connectivity index is 1.58. The number of fused-ring (bicyclic) bond motifs is 1. The summed E-state index contributed by atoms with van der Waals surface area (Å²) in [5, 5.41) is 7.24. The lowest BCUT2D eigenvalue weighted by Crippen LogP contribution is -2.27. The summed E-state index contributed by atoms with van der Waals surface area (Å²) in [6, 6.07) is 19.5. The van der Waals surface area contributed by atoms with Crippen molar-refractivity contribution in [2.24, 2.45) is 0 Å². The normalized spacial score (nSPS) is 18.4. The van der Waals surface area contributed by atoms with Gasteiger partial charge in [0, 0.05) is 17.7 Å². The quantitative estimate of drug-likeness (QED) is 0.356. The van der Waals surface area contributed by atoms with Crippen LogP contribution in [0.15, 0.2) is 71.9 Å². The molecule has 0 bridgehead atoms. The van der Waals surface area contributed by atoms with Crippen LogP contribution in [-0.4, -0.2) is 33.2 Å². The molecule has 7 nitrogen and oxygen atoms in total. The summed E-state index contributed by atoms with van der Waals surface area (Å²) >= 11 is 0.